The minimum absolute atomic E-state index is 0.0388. The SMILES string of the molecule is CCC[C@H]1Cc2cc(OC)ccc2[C@@H](c2ccc(NC34CC5CC(CC(C5)C3)C4)cc2)N1C(=O)C#C[Si](C)(C)C. The Bertz CT molecular complexity index is 1280. The molecule has 0 radical (unpaired) electrons. The summed E-state index contributed by atoms with van der Waals surface area (Å²) >= 11 is 0. The maximum absolute atomic E-state index is 13.9. The number of nitrogens with one attached hydrogen (secondary N) is 1. The number of hydrogen-bond acceptors (Lipinski definition) is 3. The van der Waals surface area contributed by atoms with Crippen LogP contribution in [0.3, 0.4) is 0 Å². The molecule has 40 heavy (non-hydrogen) atoms. The smallest absolute Gasteiger partial charge is 0.298 e. The Morgan fingerprint density at radius 1 is 1.02 bits per heavy atom. The van der Waals surface area contributed by atoms with E-state index in [2.05, 4.69) is 84.6 Å². The molecule has 2 aromatic rings. The molecule has 0 aromatic heterocycles. The molecule has 7 rings (SSSR count). The number of carbonyl (C=O) groups excluding carboxylic acids is 1. The summed E-state index contributed by atoms with van der Waals surface area (Å²) in [6.07, 6.45) is 11.2. The zero-order chi connectivity index (χ0) is 28.1. The Hall–Kier alpha value is -2.71. The van der Waals surface area contributed by atoms with E-state index >= 15 is 0 Å². The predicted molar refractivity (Wildman–Crippen MR) is 166 cm³/mol. The van der Waals surface area contributed by atoms with Crippen molar-refractivity contribution in [1.82, 2.24) is 4.90 Å². The van der Waals surface area contributed by atoms with Crippen molar-refractivity contribution in [3.63, 3.8) is 0 Å². The number of hydrogen-bond donors (Lipinski definition) is 1. The van der Waals surface area contributed by atoms with Gasteiger partial charge in [0.2, 0.25) is 0 Å². The Labute approximate surface area is 242 Å². The van der Waals surface area contributed by atoms with Crippen molar-refractivity contribution in [3.8, 4) is 17.2 Å². The lowest BCUT2D eigenvalue weighted by Gasteiger charge is -2.57. The van der Waals surface area contributed by atoms with Gasteiger partial charge in [0.25, 0.3) is 5.91 Å². The van der Waals surface area contributed by atoms with Crippen LogP contribution < -0.4 is 10.1 Å². The summed E-state index contributed by atoms with van der Waals surface area (Å²) in [7, 11) is 0.0402. The normalized spacial score (nSPS) is 30.3. The third-order valence-electron chi connectivity index (χ3n) is 9.85. The Kier molecular flexibility index (Phi) is 7.28. The van der Waals surface area contributed by atoms with Crippen LogP contribution in [0.4, 0.5) is 5.69 Å². The highest BCUT2D eigenvalue weighted by atomic mass is 28.3. The Balaban J connectivity index is 1.34. The highest BCUT2D eigenvalue weighted by Gasteiger charge is 2.51. The van der Waals surface area contributed by atoms with Crippen molar-refractivity contribution < 1.29 is 9.53 Å². The minimum atomic E-state index is -1.68. The van der Waals surface area contributed by atoms with Gasteiger partial charge in [-0.2, -0.15) is 0 Å². The molecule has 1 heterocycles. The molecule has 4 aliphatic carbocycles. The summed E-state index contributed by atoms with van der Waals surface area (Å²) in [6.45, 7) is 8.79. The number of amides is 1. The van der Waals surface area contributed by atoms with Crippen molar-refractivity contribution in [2.24, 2.45) is 17.8 Å². The molecule has 4 nitrogen and oxygen atoms in total. The van der Waals surface area contributed by atoms with Crippen LogP contribution in [0.5, 0.6) is 5.75 Å². The number of benzene rings is 2. The maximum Gasteiger partial charge on any atom is 0.298 e. The molecule has 4 bridgehead atoms. The molecule has 2 aromatic carbocycles. The van der Waals surface area contributed by atoms with Gasteiger partial charge in [-0.15, -0.1) is 5.54 Å². The van der Waals surface area contributed by atoms with E-state index < -0.39 is 8.07 Å². The molecule has 212 valence electrons. The first-order chi connectivity index (χ1) is 19.1. The highest BCUT2D eigenvalue weighted by Crippen LogP contribution is 2.56. The van der Waals surface area contributed by atoms with Gasteiger partial charge in [0, 0.05) is 17.3 Å². The lowest BCUT2D eigenvalue weighted by Crippen LogP contribution is -2.54. The van der Waals surface area contributed by atoms with E-state index in [1.54, 1.807) is 7.11 Å². The maximum atomic E-state index is 13.9. The van der Waals surface area contributed by atoms with Crippen LogP contribution in [-0.4, -0.2) is 37.6 Å². The van der Waals surface area contributed by atoms with Gasteiger partial charge >= 0.3 is 0 Å². The standard InChI is InChI=1S/C35H46N2O2Si/c1-6-7-30-19-28-20-31(39-2)12-13-32(28)34(37(30)33(38)14-15-40(3,4)5)27-8-10-29(11-9-27)36-35-21-24-16-25(22-35)18-26(17-24)23-35/h8-13,20,24-26,30,34,36H,6-7,16-19,21-23H2,1-5H3/t24?,25?,26?,30-,34+,35?/m0/s1. The van der Waals surface area contributed by atoms with E-state index in [1.807, 2.05) is 6.07 Å². The second-order valence-electron chi connectivity index (χ2n) is 14.3. The van der Waals surface area contributed by atoms with E-state index in [4.69, 9.17) is 4.74 Å². The molecular formula is C35H46N2O2Si. The number of methoxy groups -OCH3 is 1. The first kappa shape index (κ1) is 27.5. The molecule has 4 fully saturated rings. The molecule has 1 N–H and O–H groups in total. The van der Waals surface area contributed by atoms with Crippen LogP contribution in [-0.2, 0) is 11.2 Å². The topological polar surface area (TPSA) is 41.6 Å². The summed E-state index contributed by atoms with van der Waals surface area (Å²) in [5.74, 6) is 6.68. The average Bonchev–Trinajstić information content (AvgIpc) is 2.90. The molecule has 1 amide bonds. The molecule has 4 saturated carbocycles. The molecule has 0 unspecified atom stereocenters. The van der Waals surface area contributed by atoms with Gasteiger partial charge in [0.05, 0.1) is 13.2 Å². The number of rotatable bonds is 6. The summed E-state index contributed by atoms with van der Waals surface area (Å²) in [6, 6.07) is 15.4. The van der Waals surface area contributed by atoms with Gasteiger partial charge in [-0.05, 0) is 116 Å². The molecule has 0 spiro atoms. The van der Waals surface area contributed by atoms with Gasteiger partial charge < -0.3 is 15.0 Å². The van der Waals surface area contributed by atoms with Gasteiger partial charge in [0.15, 0.2) is 0 Å². The second-order valence-corrected chi connectivity index (χ2v) is 19.0. The zero-order valence-electron chi connectivity index (χ0n) is 25.1. The molecule has 2 atom stereocenters. The van der Waals surface area contributed by atoms with Crippen molar-refractivity contribution in [2.75, 3.05) is 12.4 Å². The van der Waals surface area contributed by atoms with E-state index in [1.165, 1.54) is 55.3 Å². The fourth-order valence-electron chi connectivity index (χ4n) is 8.69. The van der Waals surface area contributed by atoms with Crippen molar-refractivity contribution >= 4 is 19.7 Å². The van der Waals surface area contributed by atoms with Crippen LogP contribution in [0.1, 0.15) is 81.0 Å². The second kappa shape index (κ2) is 10.6. The molecule has 5 aliphatic rings. The molecule has 0 saturated heterocycles. The van der Waals surface area contributed by atoms with Crippen LogP contribution in [0, 0.1) is 29.2 Å². The summed E-state index contributed by atoms with van der Waals surface area (Å²) in [5, 5.41) is 4.04. The number of carbonyl (C=O) groups is 1. The van der Waals surface area contributed by atoms with E-state index in [9.17, 15) is 4.79 Å². The van der Waals surface area contributed by atoms with Crippen molar-refractivity contribution in [2.45, 2.75) is 102 Å². The first-order valence-electron chi connectivity index (χ1n) is 15.6. The first-order valence-corrected chi connectivity index (χ1v) is 19.1. The highest BCUT2D eigenvalue weighted by molar-refractivity contribution is 6.84. The van der Waals surface area contributed by atoms with E-state index in [0.29, 0.717) is 0 Å². The number of anilines is 1. The Morgan fingerprint density at radius 3 is 2.25 bits per heavy atom. The largest absolute Gasteiger partial charge is 0.497 e. The van der Waals surface area contributed by atoms with Crippen LogP contribution in [0.25, 0.3) is 0 Å². The predicted octanol–water partition coefficient (Wildman–Crippen LogP) is 7.60. The lowest BCUT2D eigenvalue weighted by molar-refractivity contribution is -0.130. The molecule has 1 aliphatic heterocycles. The van der Waals surface area contributed by atoms with Gasteiger partial charge in [-0.25, -0.2) is 0 Å². The van der Waals surface area contributed by atoms with Crippen molar-refractivity contribution in [3.05, 3.63) is 59.2 Å². The quantitative estimate of drug-likeness (QED) is 0.295. The zero-order valence-corrected chi connectivity index (χ0v) is 26.1. The number of ether oxygens (including phenoxy) is 1. The van der Waals surface area contributed by atoms with Gasteiger partial charge in [-0.1, -0.05) is 51.2 Å². The van der Waals surface area contributed by atoms with E-state index in [-0.39, 0.29) is 23.5 Å². The van der Waals surface area contributed by atoms with Gasteiger partial charge in [-0.3, -0.25) is 4.79 Å². The number of nitrogens with zero attached hydrogens (tertiary/aromatic N) is 1. The lowest BCUT2D eigenvalue weighted by atomic mass is 9.53. The third-order valence-corrected chi connectivity index (χ3v) is 10.7. The fraction of sp³-hybridized carbons (Fsp3) is 0.571. The molecule has 5 heteroatoms. The third kappa shape index (κ3) is 5.44. The summed E-state index contributed by atoms with van der Waals surface area (Å²) in [5.41, 5.74) is 8.48. The fourth-order valence-corrected chi connectivity index (χ4v) is 9.17. The minimum Gasteiger partial charge on any atom is -0.497 e. The van der Waals surface area contributed by atoms with Crippen LogP contribution in [0.15, 0.2) is 42.5 Å². The van der Waals surface area contributed by atoms with Gasteiger partial charge in [0.1, 0.15) is 13.8 Å². The summed E-state index contributed by atoms with van der Waals surface area (Å²) in [4.78, 5) is 16.0. The van der Waals surface area contributed by atoms with E-state index in [0.717, 1.165) is 48.3 Å². The number of fused-ring (bicyclic) bond motifs is 1. The summed E-state index contributed by atoms with van der Waals surface area (Å²) < 4.78 is 5.59. The van der Waals surface area contributed by atoms with Crippen LogP contribution in [0.2, 0.25) is 19.6 Å². The molecular weight excluding hydrogens is 508 g/mol. The Morgan fingerprint density at radius 2 is 1.68 bits per heavy atom. The monoisotopic (exact) mass is 554 g/mol. The van der Waals surface area contributed by atoms with Crippen molar-refractivity contribution in [1.29, 1.82) is 0 Å². The average molecular weight is 555 g/mol. The van der Waals surface area contributed by atoms with Crippen LogP contribution >= 0.6 is 0 Å².